The molecule has 0 bridgehead atoms. The number of hydrogen-bond acceptors (Lipinski definition) is 6. The third-order valence-electron chi connectivity index (χ3n) is 8.13. The van der Waals surface area contributed by atoms with Gasteiger partial charge in [-0.2, -0.15) is 0 Å². The lowest BCUT2D eigenvalue weighted by Crippen LogP contribution is -2.29. The third-order valence-corrected chi connectivity index (χ3v) is 8.13. The van der Waals surface area contributed by atoms with Crippen LogP contribution in [0.1, 0.15) is 69.1 Å². The zero-order chi connectivity index (χ0) is 30.5. The normalized spacial score (nSPS) is 14.8. The molecule has 6 heteroatoms. The van der Waals surface area contributed by atoms with Crippen molar-refractivity contribution in [2.45, 2.75) is 65.2 Å². The quantitative estimate of drug-likeness (QED) is 0.133. The molecule has 0 spiro atoms. The summed E-state index contributed by atoms with van der Waals surface area (Å²) < 4.78 is 10.8. The first-order valence-corrected chi connectivity index (χ1v) is 15.1. The van der Waals surface area contributed by atoms with Gasteiger partial charge in [0.05, 0.1) is 37.6 Å². The molecule has 2 N–H and O–H groups in total. The smallest absolute Gasteiger partial charge is 0.335 e. The van der Waals surface area contributed by atoms with Gasteiger partial charge in [0.15, 0.2) is 0 Å². The molecular weight excluding hydrogens is 528 g/mol. The Kier molecular flexibility index (Phi) is 13.2. The highest BCUT2D eigenvalue weighted by atomic mass is 16.5. The van der Waals surface area contributed by atoms with Crippen LogP contribution in [0, 0.1) is 11.8 Å². The molecule has 0 radical (unpaired) electrons. The van der Waals surface area contributed by atoms with Crippen molar-refractivity contribution in [3.05, 3.63) is 89.5 Å². The SMILES string of the molecule is C=C(CO)C(=O)OCC(COC(=O)C(=C)CO)C1CC=C(c2ccc(-c3ccc(CCCCC)cc3)c(CC)c2)CC1. The average molecular weight is 575 g/mol. The Bertz CT molecular complexity index is 1220. The van der Waals surface area contributed by atoms with Crippen molar-refractivity contribution in [2.75, 3.05) is 26.4 Å². The van der Waals surface area contributed by atoms with E-state index in [0.717, 1.165) is 32.1 Å². The zero-order valence-electron chi connectivity index (χ0n) is 25.2. The van der Waals surface area contributed by atoms with Gasteiger partial charge in [0.1, 0.15) is 0 Å². The molecule has 1 aliphatic carbocycles. The minimum Gasteiger partial charge on any atom is -0.462 e. The molecule has 0 heterocycles. The van der Waals surface area contributed by atoms with Crippen molar-refractivity contribution in [3.8, 4) is 11.1 Å². The Balaban J connectivity index is 1.71. The van der Waals surface area contributed by atoms with E-state index in [1.165, 1.54) is 52.7 Å². The van der Waals surface area contributed by atoms with Crippen molar-refractivity contribution in [3.63, 3.8) is 0 Å². The summed E-state index contributed by atoms with van der Waals surface area (Å²) in [5.41, 5.74) is 7.68. The molecule has 0 amide bonds. The largest absolute Gasteiger partial charge is 0.462 e. The first kappa shape index (κ1) is 33.0. The summed E-state index contributed by atoms with van der Waals surface area (Å²) in [6.45, 7) is 10.6. The molecule has 2 aromatic rings. The van der Waals surface area contributed by atoms with Gasteiger partial charge < -0.3 is 19.7 Å². The summed E-state index contributed by atoms with van der Waals surface area (Å²) >= 11 is 0. The number of ether oxygens (including phenoxy) is 2. The third kappa shape index (κ3) is 9.27. The number of unbranched alkanes of at least 4 members (excludes halogenated alkanes) is 2. The Hall–Kier alpha value is -3.48. The van der Waals surface area contributed by atoms with Gasteiger partial charge in [-0.05, 0) is 77.8 Å². The van der Waals surface area contributed by atoms with Gasteiger partial charge in [-0.15, -0.1) is 0 Å². The molecule has 0 aromatic heterocycles. The number of rotatable bonds is 16. The maximum atomic E-state index is 12.1. The molecule has 42 heavy (non-hydrogen) atoms. The molecule has 0 aliphatic heterocycles. The fourth-order valence-corrected chi connectivity index (χ4v) is 5.36. The number of aryl methyl sites for hydroxylation is 2. The van der Waals surface area contributed by atoms with Crippen molar-refractivity contribution in [1.82, 2.24) is 0 Å². The van der Waals surface area contributed by atoms with Crippen LogP contribution in [0.4, 0.5) is 0 Å². The zero-order valence-corrected chi connectivity index (χ0v) is 25.2. The van der Waals surface area contributed by atoms with E-state index in [-0.39, 0.29) is 36.2 Å². The van der Waals surface area contributed by atoms with E-state index < -0.39 is 25.2 Å². The van der Waals surface area contributed by atoms with Gasteiger partial charge in [0.2, 0.25) is 0 Å². The van der Waals surface area contributed by atoms with Crippen molar-refractivity contribution >= 4 is 17.5 Å². The van der Waals surface area contributed by atoms with E-state index in [1.807, 2.05) is 0 Å². The number of esters is 2. The van der Waals surface area contributed by atoms with Gasteiger partial charge in [-0.25, -0.2) is 9.59 Å². The lowest BCUT2D eigenvalue weighted by molar-refractivity contribution is -0.146. The molecule has 1 unspecified atom stereocenters. The van der Waals surface area contributed by atoms with Gasteiger partial charge in [-0.1, -0.05) is 88.4 Å². The van der Waals surface area contributed by atoms with E-state index in [1.54, 1.807) is 0 Å². The van der Waals surface area contributed by atoms with Crippen molar-refractivity contribution in [2.24, 2.45) is 11.8 Å². The fourth-order valence-electron chi connectivity index (χ4n) is 5.36. The summed E-state index contributed by atoms with van der Waals surface area (Å²) in [4.78, 5) is 24.2. The second-order valence-corrected chi connectivity index (χ2v) is 11.1. The van der Waals surface area contributed by atoms with Gasteiger partial charge >= 0.3 is 11.9 Å². The van der Waals surface area contributed by atoms with E-state index in [2.05, 4.69) is 75.5 Å². The van der Waals surface area contributed by atoms with Crippen molar-refractivity contribution < 1.29 is 29.3 Å². The monoisotopic (exact) mass is 574 g/mol. The summed E-state index contributed by atoms with van der Waals surface area (Å²) in [6, 6.07) is 15.7. The van der Waals surface area contributed by atoms with Crippen molar-refractivity contribution in [1.29, 1.82) is 0 Å². The highest BCUT2D eigenvalue weighted by molar-refractivity contribution is 5.88. The maximum absolute atomic E-state index is 12.1. The lowest BCUT2D eigenvalue weighted by atomic mass is 9.79. The molecule has 2 aromatic carbocycles. The molecule has 6 nitrogen and oxygen atoms in total. The maximum Gasteiger partial charge on any atom is 0.335 e. The Labute approximate surface area is 250 Å². The minimum absolute atomic E-state index is 0.0247. The molecule has 1 aliphatic rings. The summed E-state index contributed by atoms with van der Waals surface area (Å²) in [7, 11) is 0. The van der Waals surface area contributed by atoms with E-state index in [0.29, 0.717) is 0 Å². The molecule has 0 saturated heterocycles. The number of carbonyl (C=O) groups is 2. The van der Waals surface area contributed by atoms with Gasteiger partial charge in [0, 0.05) is 5.92 Å². The number of aliphatic hydroxyl groups excluding tert-OH is 2. The number of allylic oxidation sites excluding steroid dienone is 2. The summed E-state index contributed by atoms with van der Waals surface area (Å²) in [5.74, 6) is -1.45. The van der Waals surface area contributed by atoms with Crippen LogP contribution in [0.15, 0.2) is 72.8 Å². The van der Waals surface area contributed by atoms with E-state index in [4.69, 9.17) is 9.47 Å². The number of hydrogen-bond donors (Lipinski definition) is 2. The van der Waals surface area contributed by atoms with Crippen LogP contribution >= 0.6 is 0 Å². The molecular formula is C36H46O6. The van der Waals surface area contributed by atoms with Crippen LogP contribution in [0.2, 0.25) is 0 Å². The first-order valence-electron chi connectivity index (χ1n) is 15.1. The summed E-state index contributed by atoms with van der Waals surface area (Å²) in [6.07, 6.45) is 10.5. The number of carbonyl (C=O) groups excluding carboxylic acids is 2. The van der Waals surface area contributed by atoms with Crippen LogP contribution < -0.4 is 0 Å². The predicted octanol–water partition coefficient (Wildman–Crippen LogP) is 6.63. The number of benzene rings is 2. The van der Waals surface area contributed by atoms with E-state index in [9.17, 15) is 19.8 Å². The Morgan fingerprint density at radius 2 is 1.52 bits per heavy atom. The van der Waals surface area contributed by atoms with Crippen LogP contribution in [0.5, 0.6) is 0 Å². The first-order chi connectivity index (χ1) is 20.3. The van der Waals surface area contributed by atoms with Gasteiger partial charge in [-0.3, -0.25) is 0 Å². The fraction of sp³-hybridized carbons (Fsp3) is 0.444. The molecule has 1 atom stereocenters. The minimum atomic E-state index is -0.668. The van der Waals surface area contributed by atoms with Gasteiger partial charge in [0.25, 0.3) is 0 Å². The summed E-state index contributed by atoms with van der Waals surface area (Å²) in [5, 5.41) is 18.4. The predicted molar refractivity (Wildman–Crippen MR) is 168 cm³/mol. The van der Waals surface area contributed by atoms with Crippen LogP contribution in [-0.4, -0.2) is 48.6 Å². The Morgan fingerprint density at radius 1 is 0.905 bits per heavy atom. The molecule has 226 valence electrons. The highest BCUT2D eigenvalue weighted by Crippen LogP contribution is 2.36. The number of aliphatic hydroxyl groups is 2. The Morgan fingerprint density at radius 3 is 2.05 bits per heavy atom. The van der Waals surface area contributed by atoms with Crippen LogP contribution in [0.3, 0.4) is 0 Å². The van der Waals surface area contributed by atoms with E-state index >= 15 is 0 Å². The molecule has 0 fully saturated rings. The topological polar surface area (TPSA) is 93.1 Å². The lowest BCUT2D eigenvalue weighted by Gasteiger charge is -2.29. The second-order valence-electron chi connectivity index (χ2n) is 11.1. The standard InChI is InChI=1S/C36H46O6/c1-5-7-8-9-27-10-12-31(13-11-27)34-19-18-32(20-28(34)6-2)29-14-16-30(17-15-29)33(23-41-35(39)25(3)21-37)24-42-36(40)26(4)22-38/h10-14,18-20,30,33,37-38H,3-9,15-17,21-24H2,1-2H3. The molecule has 3 rings (SSSR count). The molecule has 0 saturated carbocycles. The van der Waals surface area contributed by atoms with Crippen LogP contribution in [0.25, 0.3) is 16.7 Å². The van der Waals surface area contributed by atoms with Crippen LogP contribution in [-0.2, 0) is 31.9 Å². The average Bonchev–Trinajstić information content (AvgIpc) is 3.04. The highest BCUT2D eigenvalue weighted by Gasteiger charge is 2.28. The second kappa shape index (κ2) is 16.8.